The number of sulfonamides is 1. The first-order valence-corrected chi connectivity index (χ1v) is 10.1. The molecule has 0 radical (unpaired) electrons. The molecule has 1 aliphatic carbocycles. The molecule has 0 aromatic heterocycles. The van der Waals surface area contributed by atoms with E-state index in [4.69, 9.17) is 4.74 Å². The minimum atomic E-state index is -3.53. The van der Waals surface area contributed by atoms with E-state index in [0.717, 1.165) is 18.4 Å². The van der Waals surface area contributed by atoms with E-state index < -0.39 is 10.0 Å². The third-order valence-corrected chi connectivity index (χ3v) is 6.00. The largest absolute Gasteiger partial charge is 0.455 e. The highest BCUT2D eigenvalue weighted by atomic mass is 32.2. The molecule has 0 N–H and O–H groups in total. The van der Waals surface area contributed by atoms with Crippen LogP contribution in [-0.2, 0) is 24.3 Å². The first kappa shape index (κ1) is 18.6. The minimum absolute atomic E-state index is 0.0406. The Morgan fingerprint density at radius 2 is 1.73 bits per heavy atom. The summed E-state index contributed by atoms with van der Waals surface area (Å²) in [6, 6.07) is 9.19. The molecule has 1 heterocycles. The van der Waals surface area contributed by atoms with Crippen LogP contribution < -0.4 is 0 Å². The lowest BCUT2D eigenvalue weighted by Gasteiger charge is -2.33. The van der Waals surface area contributed by atoms with Crippen LogP contribution in [0.3, 0.4) is 0 Å². The lowest BCUT2D eigenvalue weighted by Crippen LogP contribution is -2.51. The molecular formula is C18H22N2O5S. The fourth-order valence-corrected chi connectivity index (χ4v) is 3.84. The molecule has 1 saturated heterocycles. The van der Waals surface area contributed by atoms with Crippen molar-refractivity contribution in [1.82, 2.24) is 9.21 Å². The van der Waals surface area contributed by atoms with Gasteiger partial charge in [-0.1, -0.05) is 30.3 Å². The summed E-state index contributed by atoms with van der Waals surface area (Å²) in [5.74, 6) is -0.636. The van der Waals surface area contributed by atoms with Gasteiger partial charge in [-0.2, -0.15) is 4.31 Å². The maximum Gasteiger partial charge on any atom is 0.309 e. The van der Waals surface area contributed by atoms with Crippen molar-refractivity contribution in [2.24, 2.45) is 5.92 Å². The number of piperazine rings is 1. The van der Waals surface area contributed by atoms with Crippen LogP contribution in [0, 0.1) is 5.92 Å². The normalized spacial score (nSPS) is 18.8. The average Bonchev–Trinajstić information content (AvgIpc) is 3.50. The Kier molecular flexibility index (Phi) is 5.73. The van der Waals surface area contributed by atoms with Crippen molar-refractivity contribution < 1.29 is 22.7 Å². The van der Waals surface area contributed by atoms with E-state index in [2.05, 4.69) is 0 Å². The van der Waals surface area contributed by atoms with Crippen molar-refractivity contribution >= 4 is 28.0 Å². The van der Waals surface area contributed by atoms with Gasteiger partial charge in [0.05, 0.1) is 5.92 Å². The molecule has 0 atom stereocenters. The van der Waals surface area contributed by atoms with Crippen LogP contribution in [-0.4, -0.2) is 62.3 Å². The highest BCUT2D eigenvalue weighted by Gasteiger charge is 2.32. The van der Waals surface area contributed by atoms with Crippen LogP contribution >= 0.6 is 0 Å². The molecule has 1 aliphatic heterocycles. The Hall–Kier alpha value is -2.19. The van der Waals surface area contributed by atoms with Gasteiger partial charge in [0, 0.05) is 31.6 Å². The number of carbonyl (C=O) groups is 2. The van der Waals surface area contributed by atoms with Gasteiger partial charge in [-0.05, 0) is 24.5 Å². The lowest BCUT2D eigenvalue weighted by atomic mass is 10.2. The zero-order valence-electron chi connectivity index (χ0n) is 14.4. The van der Waals surface area contributed by atoms with Crippen LogP contribution in [0.2, 0.25) is 0 Å². The van der Waals surface area contributed by atoms with Crippen molar-refractivity contribution in [3.8, 4) is 0 Å². The standard InChI is InChI=1S/C18H22N2O5S/c21-17(14-25-18(22)16-6-7-16)19-9-11-20(12-10-19)26(23,24)13-8-15-4-2-1-3-5-15/h1-5,8,13,16H,6-7,9-12,14H2/b13-8+. The maximum atomic E-state index is 12.4. The summed E-state index contributed by atoms with van der Waals surface area (Å²) in [5.41, 5.74) is 0.808. The van der Waals surface area contributed by atoms with Crippen LogP contribution in [0.5, 0.6) is 0 Å². The number of nitrogens with zero attached hydrogens (tertiary/aromatic N) is 2. The summed E-state index contributed by atoms with van der Waals surface area (Å²) in [6.07, 6.45) is 3.23. The summed E-state index contributed by atoms with van der Waals surface area (Å²) < 4.78 is 31.1. The van der Waals surface area contributed by atoms with Crippen molar-refractivity contribution in [2.45, 2.75) is 12.8 Å². The first-order chi connectivity index (χ1) is 12.5. The molecule has 7 nitrogen and oxygen atoms in total. The summed E-state index contributed by atoms with van der Waals surface area (Å²) in [4.78, 5) is 25.1. The Morgan fingerprint density at radius 1 is 1.08 bits per heavy atom. The molecule has 1 saturated carbocycles. The van der Waals surface area contributed by atoms with Crippen molar-refractivity contribution in [2.75, 3.05) is 32.8 Å². The smallest absolute Gasteiger partial charge is 0.309 e. The SMILES string of the molecule is O=C(OCC(=O)N1CCN(S(=O)(=O)/C=C/c2ccccc2)CC1)C1CC1. The Bertz CT molecular complexity index is 779. The fourth-order valence-electron chi connectivity index (χ4n) is 2.67. The van der Waals surface area contributed by atoms with Crippen LogP contribution in [0.1, 0.15) is 18.4 Å². The summed E-state index contributed by atoms with van der Waals surface area (Å²) >= 11 is 0. The van der Waals surface area contributed by atoms with Gasteiger partial charge in [-0.15, -0.1) is 0 Å². The number of amides is 1. The Morgan fingerprint density at radius 3 is 2.35 bits per heavy atom. The quantitative estimate of drug-likeness (QED) is 0.692. The van der Waals surface area contributed by atoms with Gasteiger partial charge in [0.2, 0.25) is 10.0 Å². The first-order valence-electron chi connectivity index (χ1n) is 8.63. The highest BCUT2D eigenvalue weighted by Crippen LogP contribution is 2.30. The molecule has 0 unspecified atom stereocenters. The number of benzene rings is 1. The van der Waals surface area contributed by atoms with E-state index >= 15 is 0 Å². The third-order valence-electron chi connectivity index (χ3n) is 4.43. The van der Waals surface area contributed by atoms with Gasteiger partial charge in [-0.3, -0.25) is 9.59 Å². The molecule has 140 valence electrons. The predicted molar refractivity (Wildman–Crippen MR) is 96.2 cm³/mol. The molecule has 1 amide bonds. The molecular weight excluding hydrogens is 356 g/mol. The van der Waals surface area contributed by atoms with E-state index in [1.165, 1.54) is 14.6 Å². The van der Waals surface area contributed by atoms with Crippen molar-refractivity contribution in [3.63, 3.8) is 0 Å². The second kappa shape index (κ2) is 8.01. The number of carbonyl (C=O) groups excluding carboxylic acids is 2. The second-order valence-electron chi connectivity index (χ2n) is 6.42. The van der Waals surface area contributed by atoms with Crippen LogP contribution in [0.4, 0.5) is 0 Å². The fraction of sp³-hybridized carbons (Fsp3) is 0.444. The molecule has 2 aliphatic rings. The number of rotatable bonds is 6. The van der Waals surface area contributed by atoms with Gasteiger partial charge in [0.15, 0.2) is 6.61 Å². The van der Waals surface area contributed by atoms with E-state index in [0.29, 0.717) is 0 Å². The Balaban J connectivity index is 1.48. The van der Waals surface area contributed by atoms with E-state index in [9.17, 15) is 18.0 Å². The number of ether oxygens (including phenoxy) is 1. The number of esters is 1. The van der Waals surface area contributed by atoms with Crippen LogP contribution in [0.15, 0.2) is 35.7 Å². The monoisotopic (exact) mass is 378 g/mol. The molecule has 0 bridgehead atoms. The molecule has 0 spiro atoms. The predicted octanol–water partition coefficient (Wildman–Crippen LogP) is 1.08. The minimum Gasteiger partial charge on any atom is -0.455 e. The van der Waals surface area contributed by atoms with E-state index in [1.807, 2.05) is 30.3 Å². The highest BCUT2D eigenvalue weighted by molar-refractivity contribution is 7.92. The Labute approximate surface area is 153 Å². The van der Waals surface area contributed by atoms with Crippen LogP contribution in [0.25, 0.3) is 6.08 Å². The molecule has 3 rings (SSSR count). The topological polar surface area (TPSA) is 84.0 Å². The number of hydrogen-bond donors (Lipinski definition) is 0. The average molecular weight is 378 g/mol. The molecule has 2 fully saturated rings. The molecule has 8 heteroatoms. The third kappa shape index (κ3) is 4.92. The zero-order chi connectivity index (χ0) is 18.6. The summed E-state index contributed by atoms with van der Waals surface area (Å²) in [5, 5.41) is 1.19. The van der Waals surface area contributed by atoms with Gasteiger partial charge >= 0.3 is 5.97 Å². The molecule has 1 aromatic rings. The lowest BCUT2D eigenvalue weighted by molar-refractivity contribution is -0.153. The summed E-state index contributed by atoms with van der Waals surface area (Å²) in [7, 11) is -3.53. The maximum absolute atomic E-state index is 12.4. The number of hydrogen-bond acceptors (Lipinski definition) is 5. The van der Waals surface area contributed by atoms with Gasteiger partial charge < -0.3 is 9.64 Å². The second-order valence-corrected chi connectivity index (χ2v) is 8.24. The van der Waals surface area contributed by atoms with Gasteiger partial charge in [0.1, 0.15) is 0 Å². The van der Waals surface area contributed by atoms with E-state index in [-0.39, 0.29) is 50.6 Å². The summed E-state index contributed by atoms with van der Waals surface area (Å²) in [6.45, 7) is 0.764. The zero-order valence-corrected chi connectivity index (χ0v) is 15.2. The van der Waals surface area contributed by atoms with Gasteiger partial charge in [-0.25, -0.2) is 8.42 Å². The van der Waals surface area contributed by atoms with Gasteiger partial charge in [0.25, 0.3) is 5.91 Å². The van der Waals surface area contributed by atoms with Crippen molar-refractivity contribution in [1.29, 1.82) is 0 Å². The molecule has 1 aromatic carbocycles. The van der Waals surface area contributed by atoms with Crippen molar-refractivity contribution in [3.05, 3.63) is 41.3 Å². The van der Waals surface area contributed by atoms with E-state index in [1.54, 1.807) is 6.08 Å². The molecule has 26 heavy (non-hydrogen) atoms.